The summed E-state index contributed by atoms with van der Waals surface area (Å²) in [5, 5.41) is 0. The molecule has 3 heterocycles. The number of piperidine rings is 1. The molecule has 2 aliphatic rings. The van der Waals surface area contributed by atoms with Gasteiger partial charge in [0.25, 0.3) is 5.91 Å². The fraction of sp³-hybridized carbons (Fsp3) is 0.350. The van der Waals surface area contributed by atoms with E-state index in [1.165, 1.54) is 12.6 Å². The van der Waals surface area contributed by atoms with Gasteiger partial charge in [0.2, 0.25) is 5.91 Å². The first-order valence-electron chi connectivity index (χ1n) is 9.23. The second-order valence-electron chi connectivity index (χ2n) is 6.80. The molecule has 0 spiro atoms. The number of hydrogen-bond acceptors (Lipinski definition) is 5. The highest BCUT2D eigenvalue weighted by Gasteiger charge is 2.24. The summed E-state index contributed by atoms with van der Waals surface area (Å²) in [5.74, 6) is 0.934. The van der Waals surface area contributed by atoms with E-state index in [4.69, 9.17) is 10.5 Å². The lowest BCUT2D eigenvalue weighted by Gasteiger charge is -2.31. The molecule has 7 nitrogen and oxygen atoms in total. The number of ether oxygens (including phenoxy) is 1. The minimum atomic E-state index is -0.503. The first kappa shape index (κ1) is 17.3. The standard InChI is InChI=1S/C20H22N4O3/c21-19(25)15-5-7-18(22-13-15)24-10-11-27-17-12-14(4-6-16(17)24)20(26)23-8-2-1-3-9-23/h4-7,12-13H,1-3,8-11H2,(H2,21,25). The van der Waals surface area contributed by atoms with Gasteiger partial charge in [-0.05, 0) is 49.6 Å². The number of rotatable bonds is 3. The maximum absolute atomic E-state index is 12.7. The molecular weight excluding hydrogens is 344 g/mol. The third kappa shape index (κ3) is 3.45. The number of carbonyl (C=O) groups is 2. The van der Waals surface area contributed by atoms with Crippen molar-refractivity contribution in [3.63, 3.8) is 0 Å². The number of anilines is 2. The number of hydrogen-bond donors (Lipinski definition) is 1. The normalized spacial score (nSPS) is 16.4. The number of amides is 2. The van der Waals surface area contributed by atoms with Crippen LogP contribution in [-0.4, -0.2) is 47.9 Å². The van der Waals surface area contributed by atoms with Crippen LogP contribution in [0.5, 0.6) is 5.75 Å². The van der Waals surface area contributed by atoms with Gasteiger partial charge in [-0.3, -0.25) is 9.59 Å². The number of benzene rings is 1. The van der Waals surface area contributed by atoms with Gasteiger partial charge in [0, 0.05) is 24.8 Å². The van der Waals surface area contributed by atoms with Crippen LogP contribution in [-0.2, 0) is 0 Å². The molecule has 1 aromatic carbocycles. The largest absolute Gasteiger partial charge is 0.490 e. The number of pyridine rings is 1. The Balaban J connectivity index is 1.59. The molecule has 0 bridgehead atoms. The van der Waals surface area contributed by atoms with Crippen LogP contribution in [0.3, 0.4) is 0 Å². The molecule has 0 unspecified atom stereocenters. The van der Waals surface area contributed by atoms with Crippen LogP contribution in [0.15, 0.2) is 36.5 Å². The Labute approximate surface area is 157 Å². The smallest absolute Gasteiger partial charge is 0.253 e. The monoisotopic (exact) mass is 366 g/mol. The fourth-order valence-corrected chi connectivity index (χ4v) is 3.56. The zero-order valence-electron chi connectivity index (χ0n) is 15.1. The Hall–Kier alpha value is -3.09. The van der Waals surface area contributed by atoms with Crippen molar-refractivity contribution < 1.29 is 14.3 Å². The highest BCUT2D eigenvalue weighted by Crippen LogP contribution is 2.36. The Morgan fingerprint density at radius 1 is 1.00 bits per heavy atom. The van der Waals surface area contributed by atoms with Crippen LogP contribution in [0.25, 0.3) is 0 Å². The second kappa shape index (κ2) is 7.26. The first-order valence-corrected chi connectivity index (χ1v) is 9.23. The number of fused-ring (bicyclic) bond motifs is 1. The van der Waals surface area contributed by atoms with Crippen molar-refractivity contribution in [2.45, 2.75) is 19.3 Å². The van der Waals surface area contributed by atoms with Gasteiger partial charge >= 0.3 is 0 Å². The lowest BCUT2D eigenvalue weighted by Crippen LogP contribution is -2.36. The SMILES string of the molecule is NC(=O)c1ccc(N2CCOc3cc(C(=O)N4CCCCC4)ccc32)nc1. The minimum absolute atomic E-state index is 0.0576. The maximum Gasteiger partial charge on any atom is 0.253 e. The highest BCUT2D eigenvalue weighted by atomic mass is 16.5. The molecule has 1 saturated heterocycles. The zero-order valence-corrected chi connectivity index (χ0v) is 15.1. The number of carbonyl (C=O) groups excluding carboxylic acids is 2. The van der Waals surface area contributed by atoms with E-state index < -0.39 is 5.91 Å². The summed E-state index contributed by atoms with van der Waals surface area (Å²) >= 11 is 0. The minimum Gasteiger partial charge on any atom is -0.490 e. The maximum atomic E-state index is 12.7. The predicted octanol–water partition coefficient (Wildman–Crippen LogP) is 2.34. The van der Waals surface area contributed by atoms with E-state index >= 15 is 0 Å². The molecule has 2 aliphatic heterocycles. The summed E-state index contributed by atoms with van der Waals surface area (Å²) in [6.07, 6.45) is 4.79. The Kier molecular flexibility index (Phi) is 4.66. The Morgan fingerprint density at radius 2 is 1.78 bits per heavy atom. The van der Waals surface area contributed by atoms with Crippen molar-refractivity contribution >= 4 is 23.3 Å². The summed E-state index contributed by atoms with van der Waals surface area (Å²) in [7, 11) is 0. The molecule has 4 rings (SSSR count). The van der Waals surface area contributed by atoms with Crippen molar-refractivity contribution in [2.75, 3.05) is 31.1 Å². The molecule has 27 heavy (non-hydrogen) atoms. The third-order valence-electron chi connectivity index (χ3n) is 5.02. The van der Waals surface area contributed by atoms with Crippen molar-refractivity contribution in [1.82, 2.24) is 9.88 Å². The number of primary amides is 1. The van der Waals surface area contributed by atoms with Crippen LogP contribution in [0, 0.1) is 0 Å². The van der Waals surface area contributed by atoms with Crippen LogP contribution in [0.2, 0.25) is 0 Å². The molecule has 0 saturated carbocycles. The highest BCUT2D eigenvalue weighted by molar-refractivity contribution is 5.96. The van der Waals surface area contributed by atoms with Crippen molar-refractivity contribution in [3.05, 3.63) is 47.7 Å². The van der Waals surface area contributed by atoms with Crippen LogP contribution < -0.4 is 15.4 Å². The van der Waals surface area contributed by atoms with Crippen LogP contribution in [0.1, 0.15) is 40.0 Å². The van der Waals surface area contributed by atoms with Crippen LogP contribution >= 0.6 is 0 Å². The first-order chi connectivity index (χ1) is 13.1. The Morgan fingerprint density at radius 3 is 2.48 bits per heavy atom. The predicted molar refractivity (Wildman–Crippen MR) is 101 cm³/mol. The average Bonchev–Trinajstić information content (AvgIpc) is 2.73. The van der Waals surface area contributed by atoms with Gasteiger partial charge in [-0.2, -0.15) is 0 Å². The summed E-state index contributed by atoms with van der Waals surface area (Å²) in [6.45, 7) is 2.76. The van der Waals surface area contributed by atoms with E-state index in [9.17, 15) is 9.59 Å². The fourth-order valence-electron chi connectivity index (χ4n) is 3.56. The molecule has 1 fully saturated rings. The number of aromatic nitrogens is 1. The summed E-state index contributed by atoms with van der Waals surface area (Å²) in [4.78, 5) is 32.2. The van der Waals surface area contributed by atoms with Gasteiger partial charge in [-0.25, -0.2) is 4.98 Å². The van der Waals surface area contributed by atoms with E-state index in [1.54, 1.807) is 12.1 Å². The lowest BCUT2D eigenvalue weighted by molar-refractivity contribution is 0.0723. The summed E-state index contributed by atoms with van der Waals surface area (Å²) in [6, 6.07) is 8.98. The zero-order chi connectivity index (χ0) is 18.8. The molecule has 0 aliphatic carbocycles. The summed E-state index contributed by atoms with van der Waals surface area (Å²) < 4.78 is 5.80. The topological polar surface area (TPSA) is 88.8 Å². The van der Waals surface area contributed by atoms with Gasteiger partial charge in [0.1, 0.15) is 18.2 Å². The molecule has 2 amide bonds. The molecule has 7 heteroatoms. The van der Waals surface area contributed by atoms with Gasteiger partial charge in [0.15, 0.2) is 0 Å². The van der Waals surface area contributed by atoms with Crippen molar-refractivity contribution in [3.8, 4) is 5.75 Å². The van der Waals surface area contributed by atoms with Crippen molar-refractivity contribution in [1.29, 1.82) is 0 Å². The van der Waals surface area contributed by atoms with Crippen molar-refractivity contribution in [2.24, 2.45) is 5.73 Å². The van der Waals surface area contributed by atoms with Gasteiger partial charge in [-0.1, -0.05) is 0 Å². The second-order valence-corrected chi connectivity index (χ2v) is 6.80. The molecular formula is C20H22N4O3. The number of nitrogens with zero attached hydrogens (tertiary/aromatic N) is 3. The molecule has 2 aromatic rings. The Bertz CT molecular complexity index is 860. The van der Waals surface area contributed by atoms with Gasteiger partial charge in [-0.15, -0.1) is 0 Å². The average molecular weight is 366 g/mol. The van der Waals surface area contributed by atoms with E-state index in [1.807, 2.05) is 28.0 Å². The van der Waals surface area contributed by atoms with E-state index in [0.29, 0.717) is 35.8 Å². The molecule has 2 N–H and O–H groups in total. The summed E-state index contributed by atoms with van der Waals surface area (Å²) in [5.41, 5.74) is 7.15. The number of nitrogens with two attached hydrogens (primary N) is 1. The molecule has 0 atom stereocenters. The van der Waals surface area contributed by atoms with E-state index in [2.05, 4.69) is 4.98 Å². The van der Waals surface area contributed by atoms with E-state index in [-0.39, 0.29) is 5.91 Å². The third-order valence-corrected chi connectivity index (χ3v) is 5.02. The number of likely N-dealkylation sites (tertiary alicyclic amines) is 1. The van der Waals surface area contributed by atoms with Crippen LogP contribution in [0.4, 0.5) is 11.5 Å². The van der Waals surface area contributed by atoms with Gasteiger partial charge < -0.3 is 20.3 Å². The molecule has 0 radical (unpaired) electrons. The quantitative estimate of drug-likeness (QED) is 0.901. The lowest BCUT2D eigenvalue weighted by atomic mass is 10.1. The molecule has 1 aromatic heterocycles. The molecule has 140 valence electrons. The van der Waals surface area contributed by atoms with E-state index in [0.717, 1.165) is 31.6 Å². The van der Waals surface area contributed by atoms with Gasteiger partial charge in [0.05, 0.1) is 17.8 Å².